The van der Waals surface area contributed by atoms with E-state index >= 15 is 0 Å². The van der Waals surface area contributed by atoms with Crippen molar-refractivity contribution in [1.29, 1.82) is 0 Å². The molecule has 0 aliphatic carbocycles. The number of nitrogens with one attached hydrogen (secondary N) is 3. The van der Waals surface area contributed by atoms with Crippen molar-refractivity contribution in [3.05, 3.63) is 65.7 Å². The fourth-order valence-corrected chi connectivity index (χ4v) is 2.86. The zero-order valence-electron chi connectivity index (χ0n) is 14.3. The molecule has 0 saturated carbocycles. The minimum Gasteiger partial charge on any atom is -0.360 e. The Bertz CT molecular complexity index is 1050. The second kappa shape index (κ2) is 6.79. The molecule has 0 radical (unpaired) electrons. The standard InChI is InChI=1S/C19H18N6O/c1-12-23-18(25-24-12)13-4-6-14(7-5-13)19(26)21-10-8-15-11-22-16-3-2-9-20-17(15)16/h2-7,9,11,22H,8,10H2,1H3,(H,21,26)(H,23,24,25). The third-order valence-electron chi connectivity index (χ3n) is 4.20. The number of fused-ring (bicyclic) bond motifs is 1. The molecule has 0 spiro atoms. The number of pyridine rings is 1. The van der Waals surface area contributed by atoms with Gasteiger partial charge in [-0.25, -0.2) is 4.98 Å². The van der Waals surface area contributed by atoms with E-state index in [9.17, 15) is 4.79 Å². The van der Waals surface area contributed by atoms with Crippen molar-refractivity contribution in [1.82, 2.24) is 30.5 Å². The van der Waals surface area contributed by atoms with Crippen molar-refractivity contribution >= 4 is 16.9 Å². The van der Waals surface area contributed by atoms with Gasteiger partial charge in [-0.3, -0.25) is 14.9 Å². The van der Waals surface area contributed by atoms with E-state index in [0.29, 0.717) is 17.9 Å². The summed E-state index contributed by atoms with van der Waals surface area (Å²) in [7, 11) is 0. The highest BCUT2D eigenvalue weighted by molar-refractivity contribution is 5.94. The van der Waals surface area contributed by atoms with Crippen LogP contribution < -0.4 is 5.32 Å². The lowest BCUT2D eigenvalue weighted by Crippen LogP contribution is -2.25. The van der Waals surface area contributed by atoms with Crippen LogP contribution in [0.4, 0.5) is 0 Å². The predicted molar refractivity (Wildman–Crippen MR) is 98.7 cm³/mol. The van der Waals surface area contributed by atoms with Gasteiger partial charge in [0, 0.05) is 30.1 Å². The first-order valence-corrected chi connectivity index (χ1v) is 8.39. The van der Waals surface area contributed by atoms with Gasteiger partial charge in [0.05, 0.1) is 11.0 Å². The molecule has 0 saturated heterocycles. The molecule has 0 aliphatic heterocycles. The van der Waals surface area contributed by atoms with Crippen LogP contribution in [-0.2, 0) is 6.42 Å². The van der Waals surface area contributed by atoms with E-state index in [1.54, 1.807) is 18.3 Å². The van der Waals surface area contributed by atoms with Crippen LogP contribution in [0.1, 0.15) is 21.7 Å². The Kier molecular flexibility index (Phi) is 4.18. The number of nitrogens with zero attached hydrogens (tertiary/aromatic N) is 3. The lowest BCUT2D eigenvalue weighted by Gasteiger charge is -2.05. The van der Waals surface area contributed by atoms with Gasteiger partial charge in [0.15, 0.2) is 5.82 Å². The van der Waals surface area contributed by atoms with Crippen molar-refractivity contribution in [2.45, 2.75) is 13.3 Å². The maximum Gasteiger partial charge on any atom is 0.251 e. The number of aromatic amines is 2. The quantitative estimate of drug-likeness (QED) is 0.517. The number of carbonyl (C=O) groups excluding carboxylic acids is 1. The van der Waals surface area contributed by atoms with Crippen LogP contribution in [0.5, 0.6) is 0 Å². The largest absolute Gasteiger partial charge is 0.360 e. The summed E-state index contributed by atoms with van der Waals surface area (Å²) in [5.74, 6) is 1.28. The molecule has 3 N–H and O–H groups in total. The summed E-state index contributed by atoms with van der Waals surface area (Å²) in [5.41, 5.74) is 4.53. The molecule has 7 heteroatoms. The summed E-state index contributed by atoms with van der Waals surface area (Å²) >= 11 is 0. The normalized spacial score (nSPS) is 11.0. The number of amides is 1. The Hall–Kier alpha value is -3.48. The Morgan fingerprint density at radius 1 is 1.19 bits per heavy atom. The molecule has 0 aliphatic rings. The third kappa shape index (κ3) is 3.19. The number of aromatic nitrogens is 5. The van der Waals surface area contributed by atoms with Crippen molar-refractivity contribution in [2.24, 2.45) is 0 Å². The van der Waals surface area contributed by atoms with E-state index in [-0.39, 0.29) is 5.91 Å². The molecule has 4 rings (SSSR count). The molecular formula is C19H18N6O. The topological polar surface area (TPSA) is 99.3 Å². The molecular weight excluding hydrogens is 328 g/mol. The SMILES string of the molecule is Cc1nc(-c2ccc(C(=O)NCCc3c[nH]c4cccnc34)cc2)n[nH]1. The van der Waals surface area contributed by atoms with Gasteiger partial charge in [-0.1, -0.05) is 12.1 Å². The first kappa shape index (κ1) is 16.0. The number of hydrogen-bond acceptors (Lipinski definition) is 4. The van der Waals surface area contributed by atoms with Crippen LogP contribution in [0, 0.1) is 6.92 Å². The van der Waals surface area contributed by atoms with Crippen molar-refractivity contribution < 1.29 is 4.79 Å². The van der Waals surface area contributed by atoms with E-state index in [4.69, 9.17) is 0 Å². The van der Waals surface area contributed by atoms with Crippen molar-refractivity contribution in [2.75, 3.05) is 6.54 Å². The van der Waals surface area contributed by atoms with Crippen LogP contribution in [0.3, 0.4) is 0 Å². The van der Waals surface area contributed by atoms with E-state index in [2.05, 4.69) is 30.5 Å². The summed E-state index contributed by atoms with van der Waals surface area (Å²) < 4.78 is 0. The Labute approximate surface area is 149 Å². The van der Waals surface area contributed by atoms with Gasteiger partial charge in [-0.15, -0.1) is 0 Å². The molecule has 4 aromatic rings. The summed E-state index contributed by atoms with van der Waals surface area (Å²) in [6.07, 6.45) is 4.43. The highest BCUT2D eigenvalue weighted by atomic mass is 16.1. The molecule has 0 unspecified atom stereocenters. The maximum atomic E-state index is 12.3. The van der Waals surface area contributed by atoms with Gasteiger partial charge < -0.3 is 10.3 Å². The van der Waals surface area contributed by atoms with Crippen LogP contribution in [0.15, 0.2) is 48.8 Å². The van der Waals surface area contributed by atoms with Gasteiger partial charge in [0.1, 0.15) is 5.82 Å². The van der Waals surface area contributed by atoms with Gasteiger partial charge in [-0.05, 0) is 43.2 Å². The van der Waals surface area contributed by atoms with Gasteiger partial charge in [-0.2, -0.15) is 5.10 Å². The highest BCUT2D eigenvalue weighted by Crippen LogP contribution is 2.16. The Morgan fingerprint density at radius 2 is 2.04 bits per heavy atom. The lowest BCUT2D eigenvalue weighted by molar-refractivity contribution is 0.0954. The van der Waals surface area contributed by atoms with Gasteiger partial charge in [0.25, 0.3) is 5.91 Å². The molecule has 130 valence electrons. The maximum absolute atomic E-state index is 12.3. The average Bonchev–Trinajstić information content (AvgIpc) is 3.28. The fraction of sp³-hybridized carbons (Fsp3) is 0.158. The zero-order valence-corrected chi connectivity index (χ0v) is 14.3. The van der Waals surface area contributed by atoms with Gasteiger partial charge in [0.2, 0.25) is 0 Å². The van der Waals surface area contributed by atoms with Crippen LogP contribution in [0.2, 0.25) is 0 Å². The number of aryl methyl sites for hydroxylation is 1. The van der Waals surface area contributed by atoms with E-state index in [1.807, 2.05) is 37.4 Å². The molecule has 3 heterocycles. The summed E-state index contributed by atoms with van der Waals surface area (Å²) in [6, 6.07) is 11.1. The van der Waals surface area contributed by atoms with E-state index in [0.717, 1.165) is 34.4 Å². The molecule has 26 heavy (non-hydrogen) atoms. The summed E-state index contributed by atoms with van der Waals surface area (Å²) in [6.45, 7) is 2.39. The molecule has 3 aromatic heterocycles. The second-order valence-corrected chi connectivity index (χ2v) is 6.04. The average molecular weight is 346 g/mol. The number of hydrogen-bond donors (Lipinski definition) is 3. The fourth-order valence-electron chi connectivity index (χ4n) is 2.86. The number of rotatable bonds is 5. The first-order chi connectivity index (χ1) is 12.7. The van der Waals surface area contributed by atoms with Crippen LogP contribution in [0.25, 0.3) is 22.4 Å². The van der Waals surface area contributed by atoms with Crippen molar-refractivity contribution in [3.63, 3.8) is 0 Å². The Balaban J connectivity index is 1.37. The number of H-pyrrole nitrogens is 2. The van der Waals surface area contributed by atoms with E-state index in [1.165, 1.54) is 0 Å². The number of benzene rings is 1. The monoisotopic (exact) mass is 346 g/mol. The second-order valence-electron chi connectivity index (χ2n) is 6.04. The number of carbonyl (C=O) groups is 1. The molecule has 1 aromatic carbocycles. The summed E-state index contributed by atoms with van der Waals surface area (Å²) in [5, 5.41) is 9.88. The molecule has 0 fully saturated rings. The smallest absolute Gasteiger partial charge is 0.251 e. The molecule has 0 atom stereocenters. The third-order valence-corrected chi connectivity index (χ3v) is 4.20. The first-order valence-electron chi connectivity index (χ1n) is 8.39. The summed E-state index contributed by atoms with van der Waals surface area (Å²) in [4.78, 5) is 24.2. The minimum atomic E-state index is -0.101. The molecule has 7 nitrogen and oxygen atoms in total. The highest BCUT2D eigenvalue weighted by Gasteiger charge is 2.09. The van der Waals surface area contributed by atoms with Crippen LogP contribution >= 0.6 is 0 Å². The lowest BCUT2D eigenvalue weighted by atomic mass is 10.1. The minimum absolute atomic E-state index is 0.101. The Morgan fingerprint density at radius 3 is 2.81 bits per heavy atom. The zero-order chi connectivity index (χ0) is 17.9. The van der Waals surface area contributed by atoms with E-state index < -0.39 is 0 Å². The van der Waals surface area contributed by atoms with Gasteiger partial charge >= 0.3 is 0 Å². The van der Waals surface area contributed by atoms with Crippen molar-refractivity contribution in [3.8, 4) is 11.4 Å². The molecule has 1 amide bonds. The van der Waals surface area contributed by atoms with Crippen LogP contribution in [-0.4, -0.2) is 37.6 Å². The predicted octanol–water partition coefficient (Wildman–Crippen LogP) is 2.63. The molecule has 0 bridgehead atoms.